The minimum atomic E-state index is -0.575. The molecule has 2 N–H and O–H groups in total. The van der Waals surface area contributed by atoms with Crippen molar-refractivity contribution in [2.75, 3.05) is 45.9 Å². The fourth-order valence-corrected chi connectivity index (χ4v) is 5.94. The van der Waals surface area contributed by atoms with Crippen LogP contribution in [0.15, 0.2) is 36.4 Å². The van der Waals surface area contributed by atoms with Gasteiger partial charge in [-0.2, -0.15) is 5.10 Å². The Bertz CT molecular complexity index is 1430. The fraction of sp³-hybridized carbons (Fsp3) is 0.562. The predicted molar refractivity (Wildman–Crippen MR) is 164 cm³/mol. The smallest absolute Gasteiger partial charge is 0.410 e. The van der Waals surface area contributed by atoms with E-state index in [1.807, 2.05) is 18.2 Å². The van der Waals surface area contributed by atoms with Gasteiger partial charge in [-0.15, -0.1) is 0 Å². The highest BCUT2D eigenvalue weighted by Gasteiger charge is 2.36. The highest BCUT2D eigenvalue weighted by molar-refractivity contribution is 5.95. The van der Waals surface area contributed by atoms with E-state index in [2.05, 4.69) is 15.7 Å². The Morgan fingerprint density at radius 2 is 1.54 bits per heavy atom. The molecule has 2 saturated heterocycles. The molecular weight excluding hydrogens is 594 g/mol. The lowest BCUT2D eigenvalue weighted by molar-refractivity contribution is -0.140. The minimum absolute atomic E-state index is 0.00564. The van der Waals surface area contributed by atoms with Crippen LogP contribution in [0.4, 0.5) is 4.79 Å². The van der Waals surface area contributed by atoms with Crippen molar-refractivity contribution in [3.63, 3.8) is 0 Å². The Balaban J connectivity index is 1.03. The number of carbonyl (C=O) groups excluding carboxylic acids is 5. The summed E-state index contributed by atoms with van der Waals surface area (Å²) >= 11 is 0. The first-order valence-corrected chi connectivity index (χ1v) is 16.3. The van der Waals surface area contributed by atoms with Crippen molar-refractivity contribution < 1.29 is 33.4 Å². The number of benzene rings is 1. The fourth-order valence-electron chi connectivity index (χ4n) is 5.94. The summed E-state index contributed by atoms with van der Waals surface area (Å²) in [4.78, 5) is 69.0. The number of rotatable bonds is 10. The molecule has 1 aromatic carbocycles. The van der Waals surface area contributed by atoms with Crippen molar-refractivity contribution in [2.45, 2.75) is 69.6 Å². The zero-order valence-corrected chi connectivity index (χ0v) is 25.9. The molecule has 4 aliphatic rings. The van der Waals surface area contributed by atoms with Crippen LogP contribution in [0.5, 0.6) is 5.88 Å². The van der Waals surface area contributed by atoms with Crippen molar-refractivity contribution in [1.82, 2.24) is 35.1 Å². The third-order valence-corrected chi connectivity index (χ3v) is 9.19. The number of ether oxygens (including phenoxy) is 2. The first-order valence-electron chi connectivity index (χ1n) is 16.3. The summed E-state index contributed by atoms with van der Waals surface area (Å²) in [6.45, 7) is 1.35. The molecule has 2 aliphatic heterocycles. The van der Waals surface area contributed by atoms with Crippen LogP contribution < -0.4 is 15.4 Å². The predicted octanol–water partition coefficient (Wildman–Crippen LogP) is 1.47. The van der Waals surface area contributed by atoms with Gasteiger partial charge in [0, 0.05) is 44.8 Å². The summed E-state index contributed by atoms with van der Waals surface area (Å²) in [5.74, 6) is -1.11. The van der Waals surface area contributed by atoms with Gasteiger partial charge in [0.25, 0.3) is 11.8 Å². The van der Waals surface area contributed by atoms with Crippen LogP contribution in [0.1, 0.15) is 61.9 Å². The number of nitrogens with zero attached hydrogens (tertiary/aromatic N) is 5. The van der Waals surface area contributed by atoms with Gasteiger partial charge in [-0.05, 0) is 63.5 Å². The van der Waals surface area contributed by atoms with Crippen LogP contribution in [0.25, 0.3) is 5.69 Å². The first-order chi connectivity index (χ1) is 22.4. The quantitative estimate of drug-likeness (QED) is 0.398. The van der Waals surface area contributed by atoms with Crippen molar-refractivity contribution in [3.8, 4) is 11.6 Å². The maximum atomic E-state index is 13.2. The highest BCUT2D eigenvalue weighted by atomic mass is 16.6. The molecule has 2 saturated carbocycles. The van der Waals surface area contributed by atoms with E-state index < -0.39 is 11.9 Å². The van der Waals surface area contributed by atoms with E-state index in [-0.39, 0.29) is 60.7 Å². The normalized spacial score (nSPS) is 20.0. The van der Waals surface area contributed by atoms with E-state index >= 15 is 0 Å². The van der Waals surface area contributed by atoms with Crippen LogP contribution in [-0.2, 0) is 19.1 Å². The molecule has 6 rings (SSSR count). The molecule has 46 heavy (non-hydrogen) atoms. The van der Waals surface area contributed by atoms with Crippen molar-refractivity contribution >= 4 is 29.7 Å². The Hall–Kier alpha value is -4.62. The second kappa shape index (κ2) is 14.2. The zero-order chi connectivity index (χ0) is 32.0. The van der Waals surface area contributed by atoms with E-state index in [0.717, 1.165) is 44.9 Å². The number of hydrogen-bond acceptors (Lipinski definition) is 8. The summed E-state index contributed by atoms with van der Waals surface area (Å²) < 4.78 is 12.8. The third kappa shape index (κ3) is 7.26. The largest absolute Gasteiger partial charge is 0.467 e. The third-order valence-electron chi connectivity index (χ3n) is 9.19. The molecule has 0 unspecified atom stereocenters. The second-order valence-corrected chi connectivity index (χ2v) is 12.3. The number of hydrogen-bond donors (Lipinski definition) is 2. The van der Waals surface area contributed by atoms with Gasteiger partial charge < -0.3 is 34.8 Å². The Labute approximate surface area is 267 Å². The van der Waals surface area contributed by atoms with Crippen molar-refractivity contribution in [2.24, 2.45) is 0 Å². The van der Waals surface area contributed by atoms with Gasteiger partial charge in [-0.3, -0.25) is 19.2 Å². The molecule has 5 amide bonds. The number of nitrogens with one attached hydrogen (secondary N) is 2. The average molecular weight is 636 g/mol. The van der Waals surface area contributed by atoms with Gasteiger partial charge in [-0.25, -0.2) is 9.48 Å². The molecule has 2 aromatic rings. The van der Waals surface area contributed by atoms with Crippen LogP contribution in [0.3, 0.4) is 0 Å². The molecule has 14 nitrogen and oxygen atoms in total. The van der Waals surface area contributed by atoms with Gasteiger partial charge in [0.1, 0.15) is 12.1 Å². The number of piperazine rings is 1. The lowest BCUT2D eigenvalue weighted by atomic mass is 9.93. The van der Waals surface area contributed by atoms with Gasteiger partial charge in [0.05, 0.1) is 12.2 Å². The number of amides is 5. The van der Waals surface area contributed by atoms with Crippen LogP contribution >= 0.6 is 0 Å². The van der Waals surface area contributed by atoms with Crippen molar-refractivity contribution in [3.05, 3.63) is 42.1 Å². The van der Waals surface area contributed by atoms with E-state index in [1.165, 1.54) is 10.7 Å². The first kappa shape index (κ1) is 31.4. The van der Waals surface area contributed by atoms with Crippen molar-refractivity contribution in [1.29, 1.82) is 0 Å². The van der Waals surface area contributed by atoms with Gasteiger partial charge in [0.15, 0.2) is 12.3 Å². The number of likely N-dealkylation sites (tertiary alicyclic amines) is 1. The van der Waals surface area contributed by atoms with E-state index in [1.54, 1.807) is 26.8 Å². The molecular formula is C32H41N7O7. The van der Waals surface area contributed by atoms with Gasteiger partial charge in [-0.1, -0.05) is 18.2 Å². The number of aromatic nitrogens is 2. The van der Waals surface area contributed by atoms with Crippen LogP contribution in [-0.4, -0.2) is 118 Å². The monoisotopic (exact) mass is 635 g/mol. The molecule has 0 spiro atoms. The molecule has 1 atom stereocenters. The lowest BCUT2D eigenvalue weighted by Crippen LogP contribution is -2.53. The second-order valence-electron chi connectivity index (χ2n) is 12.3. The Morgan fingerprint density at radius 1 is 0.826 bits per heavy atom. The molecule has 2 aliphatic carbocycles. The number of carbonyl (C=O) groups is 5. The minimum Gasteiger partial charge on any atom is -0.467 e. The summed E-state index contributed by atoms with van der Waals surface area (Å²) in [5, 5.41) is 10.1. The Morgan fingerprint density at radius 3 is 2.22 bits per heavy atom. The molecule has 246 valence electrons. The van der Waals surface area contributed by atoms with Crippen LogP contribution in [0, 0.1) is 0 Å². The maximum absolute atomic E-state index is 13.2. The zero-order valence-electron chi connectivity index (χ0n) is 25.9. The Kier molecular flexibility index (Phi) is 9.69. The van der Waals surface area contributed by atoms with Crippen LogP contribution in [0.2, 0.25) is 0 Å². The van der Waals surface area contributed by atoms with Gasteiger partial charge in [0.2, 0.25) is 17.7 Å². The lowest BCUT2D eigenvalue weighted by Gasteiger charge is -2.36. The molecule has 1 aromatic heterocycles. The standard InChI is InChI=1S/C32H41N7O7/c40-27(36-15-17-37(18-16-36)32(44)46-24-11-5-12-24)20-33-30(42)25-19-29(39(35-25)23-9-2-1-3-10-23)45-21-28(41)38-14-6-13-26(38)31(43)34-22-7-4-8-22/h1-3,9-10,19,22,24,26H,4-8,11-18,20-21H2,(H,33,42)(H,34,43)/t26-/m0/s1. The number of para-hydroxylation sites is 1. The van der Waals surface area contributed by atoms with E-state index in [9.17, 15) is 24.0 Å². The van der Waals surface area contributed by atoms with Gasteiger partial charge >= 0.3 is 6.09 Å². The summed E-state index contributed by atoms with van der Waals surface area (Å²) in [6, 6.07) is 10.1. The summed E-state index contributed by atoms with van der Waals surface area (Å²) in [5.41, 5.74) is 0.634. The van der Waals surface area contributed by atoms with E-state index in [0.29, 0.717) is 44.8 Å². The molecule has 4 fully saturated rings. The summed E-state index contributed by atoms with van der Waals surface area (Å²) in [6.07, 6.45) is 6.94. The average Bonchev–Trinajstić information content (AvgIpc) is 3.71. The summed E-state index contributed by atoms with van der Waals surface area (Å²) in [7, 11) is 0. The SMILES string of the molecule is O=C(NCC(=O)N1CCN(C(=O)OC2CCC2)CC1)c1cc(OCC(=O)N2CCC[C@H]2C(=O)NC2CCC2)n(-c2ccccc2)n1. The topological polar surface area (TPSA) is 155 Å². The molecule has 0 radical (unpaired) electrons. The highest BCUT2D eigenvalue weighted by Crippen LogP contribution is 2.24. The van der Waals surface area contributed by atoms with E-state index in [4.69, 9.17) is 9.47 Å². The maximum Gasteiger partial charge on any atom is 0.410 e. The molecule has 0 bridgehead atoms. The molecule has 14 heteroatoms. The molecule has 3 heterocycles.